The van der Waals surface area contributed by atoms with Crippen LogP contribution in [0.3, 0.4) is 0 Å². The molecule has 0 saturated heterocycles. The molecule has 2 aliphatic rings. The highest BCUT2D eigenvalue weighted by atomic mass is 14.7. The van der Waals surface area contributed by atoms with Crippen LogP contribution in [0.25, 0.3) is 0 Å². The van der Waals surface area contributed by atoms with E-state index in [0.717, 1.165) is 23.7 Å². The van der Waals surface area contributed by atoms with Gasteiger partial charge in [0.2, 0.25) is 0 Å². The van der Waals surface area contributed by atoms with Gasteiger partial charge in [-0.25, -0.2) is 0 Å². The molecule has 2 N–H and O–H groups in total. The Morgan fingerprint density at radius 2 is 1.93 bits per heavy atom. The first-order valence-electron chi connectivity index (χ1n) is 6.68. The van der Waals surface area contributed by atoms with Gasteiger partial charge in [0, 0.05) is 6.04 Å². The third-order valence-electron chi connectivity index (χ3n) is 4.64. The van der Waals surface area contributed by atoms with Crippen molar-refractivity contribution >= 4 is 0 Å². The minimum atomic E-state index is 0.454. The molecule has 4 atom stereocenters. The number of nitrogens with two attached hydrogens (primary N) is 1. The van der Waals surface area contributed by atoms with Crippen LogP contribution in [0.1, 0.15) is 46.0 Å². The van der Waals surface area contributed by atoms with Crippen LogP contribution in [0.15, 0.2) is 12.2 Å². The minimum Gasteiger partial charge on any atom is -0.327 e. The second kappa shape index (κ2) is 4.69. The molecule has 0 heterocycles. The summed E-state index contributed by atoms with van der Waals surface area (Å²) in [4.78, 5) is 0. The van der Waals surface area contributed by atoms with E-state index in [1.54, 1.807) is 0 Å². The van der Waals surface area contributed by atoms with E-state index in [9.17, 15) is 0 Å². The molecule has 0 aromatic carbocycles. The maximum atomic E-state index is 6.38. The van der Waals surface area contributed by atoms with Crippen molar-refractivity contribution in [2.24, 2.45) is 29.4 Å². The lowest BCUT2D eigenvalue weighted by molar-refractivity contribution is 0.297. The molecule has 86 valence electrons. The fourth-order valence-electron chi connectivity index (χ4n) is 3.50. The Kier molecular flexibility index (Phi) is 3.50. The van der Waals surface area contributed by atoms with Crippen molar-refractivity contribution in [1.82, 2.24) is 0 Å². The van der Waals surface area contributed by atoms with Crippen molar-refractivity contribution in [3.63, 3.8) is 0 Å². The van der Waals surface area contributed by atoms with Crippen LogP contribution in [-0.2, 0) is 0 Å². The Morgan fingerprint density at radius 1 is 1.20 bits per heavy atom. The van der Waals surface area contributed by atoms with Gasteiger partial charge in [-0.1, -0.05) is 38.8 Å². The van der Waals surface area contributed by atoms with E-state index in [0.29, 0.717) is 6.04 Å². The molecule has 1 nitrogen and oxygen atoms in total. The van der Waals surface area contributed by atoms with Gasteiger partial charge >= 0.3 is 0 Å². The van der Waals surface area contributed by atoms with Crippen LogP contribution in [0, 0.1) is 23.7 Å². The quantitative estimate of drug-likeness (QED) is 0.687. The van der Waals surface area contributed by atoms with Crippen LogP contribution < -0.4 is 5.73 Å². The average Bonchev–Trinajstić information content (AvgIpc) is 2.87. The maximum absolute atomic E-state index is 6.38. The largest absolute Gasteiger partial charge is 0.327 e. The summed E-state index contributed by atoms with van der Waals surface area (Å²) in [6, 6.07) is 0.454. The van der Waals surface area contributed by atoms with Gasteiger partial charge < -0.3 is 5.73 Å². The summed E-state index contributed by atoms with van der Waals surface area (Å²) in [5, 5.41) is 0. The lowest BCUT2D eigenvalue weighted by Gasteiger charge is -2.28. The Balaban J connectivity index is 1.86. The smallest absolute Gasteiger partial charge is 0.00756 e. The number of hydrogen-bond acceptors (Lipinski definition) is 1. The summed E-state index contributed by atoms with van der Waals surface area (Å²) >= 11 is 0. The second-order valence-corrected chi connectivity index (χ2v) is 5.53. The van der Waals surface area contributed by atoms with E-state index in [2.05, 4.69) is 26.0 Å². The van der Waals surface area contributed by atoms with Crippen molar-refractivity contribution in [3.8, 4) is 0 Å². The van der Waals surface area contributed by atoms with Crippen LogP contribution in [0.5, 0.6) is 0 Å². The fourth-order valence-corrected chi connectivity index (χ4v) is 3.50. The molecule has 2 aliphatic carbocycles. The first-order chi connectivity index (χ1) is 7.24. The molecule has 0 spiro atoms. The maximum Gasteiger partial charge on any atom is 0.00756 e. The molecule has 1 saturated carbocycles. The summed E-state index contributed by atoms with van der Waals surface area (Å²) in [5.74, 6) is 3.33. The third kappa shape index (κ3) is 2.28. The highest BCUT2D eigenvalue weighted by molar-refractivity contribution is 5.11. The molecule has 0 amide bonds. The van der Waals surface area contributed by atoms with Crippen LogP contribution in [-0.4, -0.2) is 6.04 Å². The summed E-state index contributed by atoms with van der Waals surface area (Å²) in [6.07, 6.45) is 11.4. The van der Waals surface area contributed by atoms with Gasteiger partial charge in [-0.2, -0.15) is 0 Å². The summed E-state index contributed by atoms with van der Waals surface area (Å²) in [5.41, 5.74) is 6.38. The Bertz CT molecular complexity index is 229. The Hall–Kier alpha value is -0.300. The molecule has 15 heavy (non-hydrogen) atoms. The van der Waals surface area contributed by atoms with Gasteiger partial charge in [0.1, 0.15) is 0 Å². The monoisotopic (exact) mass is 207 g/mol. The predicted octanol–water partition coefficient (Wildman–Crippen LogP) is 3.35. The van der Waals surface area contributed by atoms with E-state index in [-0.39, 0.29) is 0 Å². The normalized spacial score (nSPS) is 35.3. The van der Waals surface area contributed by atoms with Crippen molar-refractivity contribution < 1.29 is 0 Å². The number of allylic oxidation sites excluding steroid dienone is 2. The van der Waals surface area contributed by atoms with E-state index < -0.39 is 0 Å². The zero-order valence-electron chi connectivity index (χ0n) is 10.2. The van der Waals surface area contributed by atoms with Gasteiger partial charge in [0.25, 0.3) is 0 Å². The molecule has 0 aliphatic heterocycles. The number of fused-ring (bicyclic) bond motifs is 2. The molecule has 2 bridgehead atoms. The van der Waals surface area contributed by atoms with Gasteiger partial charge in [0.15, 0.2) is 0 Å². The second-order valence-electron chi connectivity index (χ2n) is 5.53. The summed E-state index contributed by atoms with van der Waals surface area (Å²) in [6.45, 7) is 4.59. The molecule has 1 heteroatoms. The van der Waals surface area contributed by atoms with Crippen molar-refractivity contribution in [1.29, 1.82) is 0 Å². The zero-order valence-corrected chi connectivity index (χ0v) is 10.2. The van der Waals surface area contributed by atoms with Crippen LogP contribution in [0.4, 0.5) is 0 Å². The highest BCUT2D eigenvalue weighted by Crippen LogP contribution is 2.45. The molecule has 0 radical (unpaired) electrons. The molecule has 0 aromatic heterocycles. The van der Waals surface area contributed by atoms with Gasteiger partial charge in [0.05, 0.1) is 0 Å². The standard InChI is InChI=1S/C14H25N/c1-3-10(4-2)9-14(15)13-8-11-5-6-12(13)7-11/h5-6,10-14H,3-4,7-9,15H2,1-2H3/t11?,12?,13-,14+/m1/s1. The van der Waals surface area contributed by atoms with Gasteiger partial charge in [-0.3, -0.25) is 0 Å². The van der Waals surface area contributed by atoms with Crippen molar-refractivity contribution in [3.05, 3.63) is 12.2 Å². The number of rotatable bonds is 5. The summed E-state index contributed by atoms with van der Waals surface area (Å²) < 4.78 is 0. The van der Waals surface area contributed by atoms with Crippen molar-refractivity contribution in [2.75, 3.05) is 0 Å². The molecule has 1 fully saturated rings. The summed E-state index contributed by atoms with van der Waals surface area (Å²) in [7, 11) is 0. The highest BCUT2D eigenvalue weighted by Gasteiger charge is 2.38. The topological polar surface area (TPSA) is 26.0 Å². The first-order valence-corrected chi connectivity index (χ1v) is 6.68. The Labute approximate surface area is 94.1 Å². The molecule has 2 unspecified atom stereocenters. The first kappa shape index (κ1) is 11.2. The molecular weight excluding hydrogens is 182 g/mol. The van der Waals surface area contributed by atoms with E-state index in [1.807, 2.05) is 0 Å². The fraction of sp³-hybridized carbons (Fsp3) is 0.857. The number of hydrogen-bond donors (Lipinski definition) is 1. The zero-order chi connectivity index (χ0) is 10.8. The Morgan fingerprint density at radius 3 is 2.40 bits per heavy atom. The average molecular weight is 207 g/mol. The minimum absolute atomic E-state index is 0.454. The predicted molar refractivity (Wildman–Crippen MR) is 65.5 cm³/mol. The third-order valence-corrected chi connectivity index (χ3v) is 4.64. The SMILES string of the molecule is CCC(CC)C[C@H](N)[C@@H]1CC2C=CC1C2. The lowest BCUT2D eigenvalue weighted by Crippen LogP contribution is -2.34. The van der Waals surface area contributed by atoms with Gasteiger partial charge in [-0.05, 0) is 42.9 Å². The molecule has 0 aromatic rings. The lowest BCUT2D eigenvalue weighted by atomic mass is 9.81. The van der Waals surface area contributed by atoms with E-state index in [1.165, 1.54) is 32.1 Å². The van der Waals surface area contributed by atoms with E-state index >= 15 is 0 Å². The van der Waals surface area contributed by atoms with Crippen molar-refractivity contribution in [2.45, 2.75) is 52.0 Å². The van der Waals surface area contributed by atoms with Crippen LogP contribution >= 0.6 is 0 Å². The van der Waals surface area contributed by atoms with Gasteiger partial charge in [-0.15, -0.1) is 0 Å². The van der Waals surface area contributed by atoms with Crippen LogP contribution in [0.2, 0.25) is 0 Å². The molecule has 2 rings (SSSR count). The molecular formula is C14H25N. The van der Waals surface area contributed by atoms with E-state index in [4.69, 9.17) is 5.73 Å².